The number of halogens is 3. The van der Waals surface area contributed by atoms with Crippen LogP contribution >= 0.6 is 0 Å². The molecule has 1 aliphatic rings. The summed E-state index contributed by atoms with van der Waals surface area (Å²) in [6, 6.07) is 6.80. The zero-order valence-electron chi connectivity index (χ0n) is 17.4. The lowest BCUT2D eigenvalue weighted by Crippen LogP contribution is -2.43. The van der Waals surface area contributed by atoms with Gasteiger partial charge in [0.1, 0.15) is 5.52 Å². The van der Waals surface area contributed by atoms with Crippen molar-refractivity contribution < 1.29 is 18.0 Å². The van der Waals surface area contributed by atoms with Crippen molar-refractivity contribution in [2.24, 2.45) is 13.0 Å². The molecule has 1 amide bonds. The van der Waals surface area contributed by atoms with Gasteiger partial charge in [-0.3, -0.25) is 9.48 Å². The highest BCUT2D eigenvalue weighted by atomic mass is 19.4. The van der Waals surface area contributed by atoms with E-state index in [1.54, 1.807) is 6.20 Å². The standard InChI is InChI=1S/C22H24F3N5O/c1-14-18-9-10-26-20(19(18)29(2)28-14)30-11-3-4-16(13-30)21(31)27-12-15-5-7-17(8-6-15)22(23,24)25/h5-10,16H,3-4,11-13H2,1-2H3,(H,27,31)/t16-/m1/s1. The lowest BCUT2D eigenvalue weighted by molar-refractivity contribution is -0.137. The highest BCUT2D eigenvalue weighted by Gasteiger charge is 2.30. The van der Waals surface area contributed by atoms with Gasteiger partial charge >= 0.3 is 6.18 Å². The maximum Gasteiger partial charge on any atom is 0.416 e. The van der Waals surface area contributed by atoms with E-state index in [1.165, 1.54) is 12.1 Å². The van der Waals surface area contributed by atoms with Crippen molar-refractivity contribution in [2.45, 2.75) is 32.5 Å². The molecule has 0 spiro atoms. The van der Waals surface area contributed by atoms with Crippen LogP contribution in [0, 0.1) is 12.8 Å². The van der Waals surface area contributed by atoms with E-state index in [0.29, 0.717) is 12.1 Å². The Labute approximate surface area is 178 Å². The number of amides is 1. The van der Waals surface area contributed by atoms with Crippen LogP contribution in [0.4, 0.5) is 19.0 Å². The molecule has 2 aromatic heterocycles. The molecular formula is C22H24F3N5O. The van der Waals surface area contributed by atoms with E-state index in [0.717, 1.165) is 53.9 Å². The Bertz CT molecular complexity index is 1090. The Morgan fingerprint density at radius 3 is 2.68 bits per heavy atom. The molecule has 1 aliphatic heterocycles. The van der Waals surface area contributed by atoms with Crippen molar-refractivity contribution in [3.05, 3.63) is 53.3 Å². The molecule has 1 N–H and O–H groups in total. The van der Waals surface area contributed by atoms with Gasteiger partial charge in [-0.15, -0.1) is 0 Å². The Kier molecular flexibility index (Phi) is 5.60. The van der Waals surface area contributed by atoms with Crippen molar-refractivity contribution in [2.75, 3.05) is 18.0 Å². The lowest BCUT2D eigenvalue weighted by Gasteiger charge is -2.33. The number of aromatic nitrogens is 3. The Morgan fingerprint density at radius 1 is 1.23 bits per heavy atom. The largest absolute Gasteiger partial charge is 0.416 e. The van der Waals surface area contributed by atoms with Crippen LogP contribution in [0.1, 0.15) is 29.7 Å². The average Bonchev–Trinajstić information content (AvgIpc) is 3.05. The van der Waals surface area contributed by atoms with Crippen LogP contribution in [0.3, 0.4) is 0 Å². The molecule has 3 heterocycles. The Hall–Kier alpha value is -3.10. The predicted molar refractivity (Wildman–Crippen MR) is 111 cm³/mol. The van der Waals surface area contributed by atoms with E-state index < -0.39 is 11.7 Å². The molecule has 1 atom stereocenters. The van der Waals surface area contributed by atoms with Gasteiger partial charge in [-0.25, -0.2) is 4.98 Å². The number of fused-ring (bicyclic) bond motifs is 1. The maximum absolute atomic E-state index is 12.8. The third-order valence-electron chi connectivity index (χ3n) is 5.76. The van der Waals surface area contributed by atoms with Gasteiger partial charge in [-0.1, -0.05) is 12.1 Å². The molecule has 0 bridgehead atoms. The van der Waals surface area contributed by atoms with Crippen molar-refractivity contribution in [3.63, 3.8) is 0 Å². The molecule has 1 saturated heterocycles. The van der Waals surface area contributed by atoms with Crippen LogP contribution < -0.4 is 10.2 Å². The lowest BCUT2D eigenvalue weighted by atomic mass is 9.96. The molecule has 1 aromatic carbocycles. The van der Waals surface area contributed by atoms with Gasteiger partial charge in [0.15, 0.2) is 5.82 Å². The van der Waals surface area contributed by atoms with E-state index in [2.05, 4.69) is 20.3 Å². The monoisotopic (exact) mass is 431 g/mol. The second-order valence-electron chi connectivity index (χ2n) is 7.94. The molecule has 0 aliphatic carbocycles. The third kappa shape index (κ3) is 4.35. The van der Waals surface area contributed by atoms with Crippen LogP contribution in [0.5, 0.6) is 0 Å². The smallest absolute Gasteiger partial charge is 0.354 e. The number of alkyl halides is 3. The number of carbonyl (C=O) groups is 1. The summed E-state index contributed by atoms with van der Waals surface area (Å²) in [7, 11) is 1.89. The minimum atomic E-state index is -4.36. The normalized spacial score (nSPS) is 17.2. The summed E-state index contributed by atoms with van der Waals surface area (Å²) in [5, 5.41) is 8.39. The zero-order chi connectivity index (χ0) is 22.2. The Balaban J connectivity index is 1.43. The van der Waals surface area contributed by atoms with E-state index in [1.807, 2.05) is 24.7 Å². The minimum Gasteiger partial charge on any atom is -0.354 e. The van der Waals surface area contributed by atoms with Gasteiger partial charge in [0.25, 0.3) is 0 Å². The first-order valence-electron chi connectivity index (χ1n) is 10.2. The number of carbonyl (C=O) groups excluding carboxylic acids is 1. The molecule has 1 fully saturated rings. The zero-order valence-corrected chi connectivity index (χ0v) is 17.4. The van der Waals surface area contributed by atoms with Gasteiger partial charge in [0.2, 0.25) is 5.91 Å². The number of pyridine rings is 1. The summed E-state index contributed by atoms with van der Waals surface area (Å²) in [5.41, 5.74) is 1.82. The summed E-state index contributed by atoms with van der Waals surface area (Å²) in [6.45, 7) is 3.50. The summed E-state index contributed by atoms with van der Waals surface area (Å²) in [4.78, 5) is 19.4. The summed E-state index contributed by atoms with van der Waals surface area (Å²) in [6.07, 6.45) is -0.986. The van der Waals surface area contributed by atoms with Gasteiger partial charge in [0.05, 0.1) is 17.2 Å². The molecule has 0 saturated carbocycles. The van der Waals surface area contributed by atoms with Crippen LogP contribution in [-0.4, -0.2) is 33.8 Å². The van der Waals surface area contributed by atoms with Crippen molar-refractivity contribution >= 4 is 22.6 Å². The first-order chi connectivity index (χ1) is 14.7. The number of anilines is 1. The molecule has 164 valence electrons. The minimum absolute atomic E-state index is 0.0991. The van der Waals surface area contributed by atoms with E-state index in [4.69, 9.17) is 0 Å². The number of rotatable bonds is 4. The summed E-state index contributed by atoms with van der Waals surface area (Å²) < 4.78 is 39.9. The SMILES string of the molecule is Cc1nn(C)c2c(N3CCC[C@@H](C(=O)NCc4ccc(C(F)(F)F)cc4)C3)nccc12. The fourth-order valence-electron chi connectivity index (χ4n) is 4.14. The molecule has 4 rings (SSSR count). The molecule has 3 aromatic rings. The molecule has 31 heavy (non-hydrogen) atoms. The van der Waals surface area contributed by atoms with E-state index >= 15 is 0 Å². The van der Waals surface area contributed by atoms with Crippen molar-refractivity contribution in [3.8, 4) is 0 Å². The number of hydrogen-bond acceptors (Lipinski definition) is 4. The second kappa shape index (κ2) is 8.20. The predicted octanol–water partition coefficient (Wildman–Crippen LogP) is 3.83. The quantitative estimate of drug-likeness (QED) is 0.682. The maximum atomic E-state index is 12.8. The number of benzene rings is 1. The number of piperidine rings is 1. The summed E-state index contributed by atoms with van der Waals surface area (Å²) >= 11 is 0. The van der Waals surface area contributed by atoms with Crippen LogP contribution in [-0.2, 0) is 24.6 Å². The van der Waals surface area contributed by atoms with Gasteiger partial charge in [-0.2, -0.15) is 18.3 Å². The second-order valence-corrected chi connectivity index (χ2v) is 7.94. The van der Waals surface area contributed by atoms with Crippen LogP contribution in [0.15, 0.2) is 36.5 Å². The fourth-order valence-corrected chi connectivity index (χ4v) is 4.14. The molecule has 6 nitrogen and oxygen atoms in total. The highest BCUT2D eigenvalue weighted by molar-refractivity contribution is 5.91. The molecular weight excluding hydrogens is 407 g/mol. The van der Waals surface area contributed by atoms with Crippen molar-refractivity contribution in [1.29, 1.82) is 0 Å². The summed E-state index contributed by atoms with van der Waals surface area (Å²) in [5.74, 6) is 0.508. The van der Waals surface area contributed by atoms with Crippen molar-refractivity contribution in [1.82, 2.24) is 20.1 Å². The molecule has 9 heteroatoms. The average molecular weight is 431 g/mol. The third-order valence-corrected chi connectivity index (χ3v) is 5.76. The molecule has 0 unspecified atom stereocenters. The van der Waals surface area contributed by atoms with Gasteiger partial charge < -0.3 is 10.2 Å². The number of nitrogens with one attached hydrogen (secondary N) is 1. The van der Waals surface area contributed by atoms with E-state index in [9.17, 15) is 18.0 Å². The number of aryl methyl sites for hydroxylation is 2. The molecule has 0 radical (unpaired) electrons. The van der Waals surface area contributed by atoms with Crippen LogP contribution in [0.2, 0.25) is 0 Å². The van der Waals surface area contributed by atoms with Crippen LogP contribution in [0.25, 0.3) is 10.9 Å². The van der Waals surface area contributed by atoms with Gasteiger partial charge in [-0.05, 0) is 43.5 Å². The van der Waals surface area contributed by atoms with Gasteiger partial charge in [0, 0.05) is 38.3 Å². The first kappa shape index (κ1) is 21.1. The first-order valence-corrected chi connectivity index (χ1v) is 10.2. The number of hydrogen-bond donors (Lipinski definition) is 1. The highest BCUT2D eigenvalue weighted by Crippen LogP contribution is 2.30. The topological polar surface area (TPSA) is 63.1 Å². The number of nitrogens with zero attached hydrogens (tertiary/aromatic N) is 4. The van der Waals surface area contributed by atoms with E-state index in [-0.39, 0.29) is 18.4 Å². The fraction of sp³-hybridized carbons (Fsp3) is 0.409. The Morgan fingerprint density at radius 2 is 1.97 bits per heavy atom.